The van der Waals surface area contributed by atoms with Gasteiger partial charge in [0.15, 0.2) is 0 Å². The summed E-state index contributed by atoms with van der Waals surface area (Å²) in [6.45, 7) is 0.723. The number of rotatable bonds is 5. The van der Waals surface area contributed by atoms with Crippen LogP contribution in [0, 0.1) is 0 Å². The molecular formula is C22H18N4O5S. The van der Waals surface area contributed by atoms with Gasteiger partial charge in [-0.25, -0.2) is 23.1 Å². The van der Waals surface area contributed by atoms with Gasteiger partial charge in [0.05, 0.1) is 41.6 Å². The van der Waals surface area contributed by atoms with Crippen molar-refractivity contribution in [1.29, 1.82) is 0 Å². The molecule has 10 heteroatoms. The molecule has 0 radical (unpaired) electrons. The molecule has 0 unspecified atom stereocenters. The molecule has 3 aromatic heterocycles. The third-order valence-electron chi connectivity index (χ3n) is 5.29. The first kappa shape index (κ1) is 20.1. The first-order valence-electron chi connectivity index (χ1n) is 9.81. The average molecular weight is 450 g/mol. The summed E-state index contributed by atoms with van der Waals surface area (Å²) in [5.41, 5.74) is 1.23. The van der Waals surface area contributed by atoms with Gasteiger partial charge >= 0.3 is 0 Å². The Labute approximate surface area is 183 Å². The fraction of sp³-hybridized carbons (Fsp3) is 0.182. The predicted octanol–water partition coefficient (Wildman–Crippen LogP) is 2.01. The molecule has 0 N–H and O–H groups in total. The number of methoxy groups -OCH3 is 1. The van der Waals surface area contributed by atoms with Gasteiger partial charge in [0.25, 0.3) is 5.56 Å². The number of hydrogen-bond acceptors (Lipinski definition) is 8. The van der Waals surface area contributed by atoms with E-state index in [0.717, 1.165) is 11.1 Å². The number of nitrogens with zero attached hydrogens (tertiary/aromatic N) is 4. The first-order chi connectivity index (χ1) is 15.5. The largest absolute Gasteiger partial charge is 0.481 e. The standard InChI is InChI=1S/C22H18N4O5S/c1-30-20-5-2-14(10-23-20)13-26-22(27)19-4-3-17(9-16(19)11-25-26)32(28,29)18-8-15-6-7-31-21(15)24-12-18/h2-5,8-12H,6-7,13H2,1H3. The van der Waals surface area contributed by atoms with Crippen LogP contribution in [0.3, 0.4) is 0 Å². The Bertz CT molecular complexity index is 1500. The maximum Gasteiger partial charge on any atom is 0.274 e. The minimum Gasteiger partial charge on any atom is -0.481 e. The number of benzene rings is 1. The summed E-state index contributed by atoms with van der Waals surface area (Å²) in [5, 5.41) is 5.03. The number of ether oxygens (including phenoxy) is 2. The first-order valence-corrected chi connectivity index (χ1v) is 11.3. The molecule has 1 aromatic carbocycles. The monoisotopic (exact) mass is 450 g/mol. The Kier molecular flexibility index (Phi) is 4.86. The minimum absolute atomic E-state index is 0.0731. The molecule has 0 atom stereocenters. The van der Waals surface area contributed by atoms with Crippen molar-refractivity contribution in [2.45, 2.75) is 22.8 Å². The van der Waals surface area contributed by atoms with Crippen molar-refractivity contribution in [3.05, 3.63) is 76.5 Å². The van der Waals surface area contributed by atoms with Gasteiger partial charge in [0.1, 0.15) is 0 Å². The zero-order valence-corrected chi connectivity index (χ0v) is 17.9. The summed E-state index contributed by atoms with van der Waals surface area (Å²) in [6.07, 6.45) is 5.02. The highest BCUT2D eigenvalue weighted by atomic mass is 32.2. The van der Waals surface area contributed by atoms with Crippen molar-refractivity contribution >= 4 is 20.6 Å². The second kappa shape index (κ2) is 7.72. The van der Waals surface area contributed by atoms with Crippen LogP contribution in [-0.2, 0) is 22.8 Å². The molecule has 32 heavy (non-hydrogen) atoms. The van der Waals surface area contributed by atoms with Gasteiger partial charge in [0.2, 0.25) is 21.6 Å². The molecule has 162 valence electrons. The maximum absolute atomic E-state index is 13.1. The summed E-state index contributed by atoms with van der Waals surface area (Å²) in [7, 11) is -2.28. The molecule has 0 fully saturated rings. The third kappa shape index (κ3) is 3.48. The SMILES string of the molecule is COc1ccc(Cn2ncc3cc(S(=O)(=O)c4cnc5c(c4)CCO5)ccc3c2=O)cn1. The van der Waals surface area contributed by atoms with Gasteiger partial charge in [-0.3, -0.25) is 4.79 Å². The van der Waals surface area contributed by atoms with Crippen LogP contribution in [0.1, 0.15) is 11.1 Å². The summed E-state index contributed by atoms with van der Waals surface area (Å²) in [6, 6.07) is 9.51. The van der Waals surface area contributed by atoms with E-state index < -0.39 is 9.84 Å². The van der Waals surface area contributed by atoms with Gasteiger partial charge < -0.3 is 9.47 Å². The molecule has 5 rings (SSSR count). The molecule has 0 amide bonds. The van der Waals surface area contributed by atoms with E-state index in [1.54, 1.807) is 24.4 Å². The van der Waals surface area contributed by atoms with Crippen molar-refractivity contribution in [2.75, 3.05) is 13.7 Å². The van der Waals surface area contributed by atoms with Crippen LogP contribution in [0.5, 0.6) is 11.8 Å². The van der Waals surface area contributed by atoms with Crippen molar-refractivity contribution in [3.63, 3.8) is 0 Å². The normalized spacial score (nSPS) is 13.0. The van der Waals surface area contributed by atoms with Gasteiger partial charge in [0, 0.05) is 35.8 Å². The summed E-state index contributed by atoms with van der Waals surface area (Å²) in [4.78, 5) is 21.3. The Morgan fingerprint density at radius 3 is 2.72 bits per heavy atom. The number of pyridine rings is 2. The van der Waals surface area contributed by atoms with E-state index in [0.29, 0.717) is 35.6 Å². The Morgan fingerprint density at radius 2 is 1.94 bits per heavy atom. The topological polar surface area (TPSA) is 113 Å². The molecule has 4 heterocycles. The van der Waals surface area contributed by atoms with Gasteiger partial charge in [-0.15, -0.1) is 0 Å². The van der Waals surface area contributed by atoms with E-state index in [1.807, 2.05) is 0 Å². The lowest BCUT2D eigenvalue weighted by molar-refractivity contribution is 0.344. The van der Waals surface area contributed by atoms with Crippen LogP contribution in [-0.4, -0.2) is 41.9 Å². The molecule has 1 aliphatic rings. The van der Waals surface area contributed by atoms with E-state index in [-0.39, 0.29) is 21.9 Å². The van der Waals surface area contributed by atoms with Gasteiger partial charge in [-0.05, 0) is 29.8 Å². The summed E-state index contributed by atoms with van der Waals surface area (Å²) >= 11 is 0. The van der Waals surface area contributed by atoms with Crippen molar-refractivity contribution in [3.8, 4) is 11.8 Å². The average Bonchev–Trinajstić information content (AvgIpc) is 3.29. The quantitative estimate of drug-likeness (QED) is 0.454. The lowest BCUT2D eigenvalue weighted by Crippen LogP contribution is -2.23. The second-order valence-corrected chi connectivity index (χ2v) is 9.25. The van der Waals surface area contributed by atoms with Crippen molar-refractivity contribution in [1.82, 2.24) is 19.7 Å². The number of fused-ring (bicyclic) bond motifs is 2. The van der Waals surface area contributed by atoms with E-state index in [1.165, 1.54) is 42.4 Å². The maximum atomic E-state index is 13.1. The predicted molar refractivity (Wildman–Crippen MR) is 115 cm³/mol. The van der Waals surface area contributed by atoms with Crippen LogP contribution >= 0.6 is 0 Å². The number of aromatic nitrogens is 4. The molecular weight excluding hydrogens is 432 g/mol. The smallest absolute Gasteiger partial charge is 0.274 e. The lowest BCUT2D eigenvalue weighted by Gasteiger charge is -2.09. The summed E-state index contributed by atoms with van der Waals surface area (Å²) in [5.74, 6) is 0.951. The van der Waals surface area contributed by atoms with Crippen LogP contribution in [0.25, 0.3) is 10.8 Å². The molecule has 0 bridgehead atoms. The Morgan fingerprint density at radius 1 is 1.06 bits per heavy atom. The minimum atomic E-state index is -3.80. The fourth-order valence-corrected chi connectivity index (χ4v) is 4.86. The van der Waals surface area contributed by atoms with Crippen molar-refractivity contribution in [2.24, 2.45) is 0 Å². The van der Waals surface area contributed by atoms with E-state index >= 15 is 0 Å². The Balaban J connectivity index is 1.49. The Hall–Kier alpha value is -3.79. The lowest BCUT2D eigenvalue weighted by atomic mass is 10.2. The molecule has 0 aliphatic carbocycles. The number of sulfone groups is 1. The molecule has 0 saturated carbocycles. The van der Waals surface area contributed by atoms with Crippen LogP contribution < -0.4 is 15.0 Å². The molecule has 9 nitrogen and oxygen atoms in total. The number of hydrogen-bond donors (Lipinski definition) is 0. The zero-order chi connectivity index (χ0) is 22.3. The van der Waals surface area contributed by atoms with E-state index in [4.69, 9.17) is 9.47 Å². The van der Waals surface area contributed by atoms with Gasteiger partial charge in [-0.2, -0.15) is 5.10 Å². The zero-order valence-electron chi connectivity index (χ0n) is 17.1. The molecule has 0 spiro atoms. The highest BCUT2D eigenvalue weighted by Crippen LogP contribution is 2.28. The van der Waals surface area contributed by atoms with E-state index in [2.05, 4.69) is 15.1 Å². The third-order valence-corrected chi connectivity index (χ3v) is 7.01. The molecule has 0 saturated heterocycles. The second-order valence-electron chi connectivity index (χ2n) is 7.30. The molecule has 1 aliphatic heterocycles. The fourth-order valence-electron chi connectivity index (χ4n) is 3.57. The highest BCUT2D eigenvalue weighted by Gasteiger charge is 2.23. The van der Waals surface area contributed by atoms with E-state index in [9.17, 15) is 13.2 Å². The highest BCUT2D eigenvalue weighted by molar-refractivity contribution is 7.91. The van der Waals surface area contributed by atoms with Gasteiger partial charge in [-0.1, -0.05) is 6.07 Å². The van der Waals surface area contributed by atoms with Crippen molar-refractivity contribution < 1.29 is 17.9 Å². The van der Waals surface area contributed by atoms with Crippen LogP contribution in [0.4, 0.5) is 0 Å². The van der Waals surface area contributed by atoms with Crippen LogP contribution in [0.15, 0.2) is 69.6 Å². The summed E-state index contributed by atoms with van der Waals surface area (Å²) < 4.78 is 37.9. The van der Waals surface area contributed by atoms with Crippen LogP contribution in [0.2, 0.25) is 0 Å². The molecule has 4 aromatic rings.